The van der Waals surface area contributed by atoms with Crippen LogP contribution in [0.5, 0.6) is 5.88 Å². The number of hydrogen-bond donors (Lipinski definition) is 1. The van der Waals surface area contributed by atoms with Gasteiger partial charge in [-0.15, -0.1) is 5.10 Å². The average Bonchev–Trinajstić information content (AvgIpc) is 2.86. The minimum absolute atomic E-state index is 0.0260. The number of ether oxygens (including phenoxy) is 1. The third kappa shape index (κ3) is 4.46. The molecule has 0 unspecified atom stereocenters. The normalized spacial score (nSPS) is 11.6. The molecule has 2 rings (SSSR count). The van der Waals surface area contributed by atoms with E-state index in [1.807, 2.05) is 12.1 Å². The van der Waals surface area contributed by atoms with Crippen LogP contribution >= 0.6 is 0 Å². The van der Waals surface area contributed by atoms with E-state index in [1.165, 1.54) is 17.9 Å². The number of aromatic nitrogens is 2. The van der Waals surface area contributed by atoms with Gasteiger partial charge in [-0.2, -0.15) is 0 Å². The Hall–Kier alpha value is -2.08. The van der Waals surface area contributed by atoms with Crippen molar-refractivity contribution in [3.63, 3.8) is 0 Å². The van der Waals surface area contributed by atoms with Crippen molar-refractivity contribution in [1.29, 1.82) is 0 Å². The Balaban J connectivity index is 2.07. The zero-order chi connectivity index (χ0) is 15.5. The van der Waals surface area contributed by atoms with Gasteiger partial charge in [0.05, 0.1) is 13.7 Å². The van der Waals surface area contributed by atoms with Crippen molar-refractivity contribution in [2.45, 2.75) is 39.4 Å². The first-order chi connectivity index (χ1) is 9.87. The maximum absolute atomic E-state index is 11.7. The molecule has 0 amide bonds. The summed E-state index contributed by atoms with van der Waals surface area (Å²) in [5.74, 6) is 1.91. The number of furan rings is 1. The summed E-state index contributed by atoms with van der Waals surface area (Å²) in [6.45, 7) is 7.21. The van der Waals surface area contributed by atoms with Crippen LogP contribution in [0.15, 0.2) is 33.5 Å². The molecule has 0 saturated carbocycles. The SMILES string of the molecule is COc1ccc(=O)n(Cc2ccc(CNC(C)(C)C)o2)n1. The van der Waals surface area contributed by atoms with Crippen molar-refractivity contribution in [3.8, 4) is 5.88 Å². The van der Waals surface area contributed by atoms with Gasteiger partial charge in [0.1, 0.15) is 18.1 Å². The zero-order valence-corrected chi connectivity index (χ0v) is 12.8. The summed E-state index contributed by atoms with van der Waals surface area (Å²) in [7, 11) is 1.51. The van der Waals surface area contributed by atoms with E-state index < -0.39 is 0 Å². The second kappa shape index (κ2) is 6.13. The standard InChI is InChI=1S/C15H21N3O3/c1-15(2,3)16-9-11-5-6-12(21-11)10-18-14(19)8-7-13(17-18)20-4/h5-8,16H,9-10H2,1-4H3. The van der Waals surface area contributed by atoms with E-state index in [0.29, 0.717) is 18.2 Å². The molecule has 2 heterocycles. The molecule has 0 aliphatic heterocycles. The minimum atomic E-state index is -0.193. The van der Waals surface area contributed by atoms with E-state index in [1.54, 1.807) is 6.07 Å². The molecule has 2 aromatic rings. The van der Waals surface area contributed by atoms with Gasteiger partial charge >= 0.3 is 0 Å². The quantitative estimate of drug-likeness (QED) is 0.909. The fourth-order valence-corrected chi connectivity index (χ4v) is 1.75. The Labute approximate surface area is 123 Å². The van der Waals surface area contributed by atoms with Crippen LogP contribution in [-0.4, -0.2) is 22.4 Å². The molecule has 0 aromatic carbocycles. The summed E-state index contributed by atoms with van der Waals surface area (Å²) in [6.07, 6.45) is 0. The zero-order valence-electron chi connectivity index (χ0n) is 12.8. The van der Waals surface area contributed by atoms with Gasteiger partial charge in [-0.05, 0) is 32.9 Å². The number of rotatable bonds is 5. The van der Waals surface area contributed by atoms with Crippen molar-refractivity contribution in [2.24, 2.45) is 0 Å². The number of methoxy groups -OCH3 is 1. The Morgan fingerprint density at radius 1 is 1.24 bits per heavy atom. The van der Waals surface area contributed by atoms with Gasteiger partial charge in [-0.25, -0.2) is 4.68 Å². The molecule has 0 atom stereocenters. The first-order valence-corrected chi connectivity index (χ1v) is 6.82. The topological polar surface area (TPSA) is 69.3 Å². The molecule has 0 bridgehead atoms. The van der Waals surface area contributed by atoms with Gasteiger partial charge in [0.2, 0.25) is 5.88 Å². The summed E-state index contributed by atoms with van der Waals surface area (Å²) in [5.41, 5.74) is -0.167. The highest BCUT2D eigenvalue weighted by atomic mass is 16.5. The third-order valence-electron chi connectivity index (χ3n) is 2.87. The Morgan fingerprint density at radius 3 is 2.62 bits per heavy atom. The van der Waals surface area contributed by atoms with Crippen molar-refractivity contribution >= 4 is 0 Å². The monoisotopic (exact) mass is 291 g/mol. The minimum Gasteiger partial charge on any atom is -0.480 e. The van der Waals surface area contributed by atoms with Crippen LogP contribution in [0.1, 0.15) is 32.3 Å². The fraction of sp³-hybridized carbons (Fsp3) is 0.467. The van der Waals surface area contributed by atoms with Gasteiger partial charge in [0, 0.05) is 17.7 Å². The Kier molecular flexibility index (Phi) is 4.47. The summed E-state index contributed by atoms with van der Waals surface area (Å²) >= 11 is 0. The lowest BCUT2D eigenvalue weighted by Crippen LogP contribution is -2.34. The Bertz CT molecular complexity index is 653. The summed E-state index contributed by atoms with van der Waals surface area (Å²) < 4.78 is 12.0. The summed E-state index contributed by atoms with van der Waals surface area (Å²) in [5, 5.41) is 7.43. The number of hydrogen-bond acceptors (Lipinski definition) is 5. The van der Waals surface area contributed by atoms with Crippen LogP contribution in [0.3, 0.4) is 0 Å². The summed E-state index contributed by atoms with van der Waals surface area (Å²) in [4.78, 5) is 11.7. The van der Waals surface area contributed by atoms with E-state index in [9.17, 15) is 4.79 Å². The second-order valence-electron chi connectivity index (χ2n) is 5.84. The van der Waals surface area contributed by atoms with E-state index in [-0.39, 0.29) is 17.6 Å². The van der Waals surface area contributed by atoms with Crippen molar-refractivity contribution < 1.29 is 9.15 Å². The molecule has 0 spiro atoms. The first kappa shape index (κ1) is 15.3. The van der Waals surface area contributed by atoms with Crippen LogP contribution in [0, 0.1) is 0 Å². The predicted octanol–water partition coefficient (Wildman–Crippen LogP) is 1.78. The van der Waals surface area contributed by atoms with Crippen LogP contribution in [0.25, 0.3) is 0 Å². The molecular weight excluding hydrogens is 270 g/mol. The molecule has 21 heavy (non-hydrogen) atoms. The van der Waals surface area contributed by atoms with Crippen LogP contribution in [0.4, 0.5) is 0 Å². The highest BCUT2D eigenvalue weighted by Gasteiger charge is 2.11. The largest absolute Gasteiger partial charge is 0.480 e. The second-order valence-corrected chi connectivity index (χ2v) is 5.84. The molecule has 0 aliphatic rings. The molecule has 0 saturated heterocycles. The van der Waals surface area contributed by atoms with Crippen LogP contribution < -0.4 is 15.6 Å². The number of nitrogens with one attached hydrogen (secondary N) is 1. The molecule has 6 nitrogen and oxygen atoms in total. The average molecular weight is 291 g/mol. The molecule has 0 aliphatic carbocycles. The maximum Gasteiger partial charge on any atom is 0.267 e. The van der Waals surface area contributed by atoms with E-state index in [4.69, 9.17) is 9.15 Å². The lowest BCUT2D eigenvalue weighted by atomic mass is 10.1. The van der Waals surface area contributed by atoms with Crippen molar-refractivity contribution in [1.82, 2.24) is 15.1 Å². The van der Waals surface area contributed by atoms with Crippen molar-refractivity contribution in [3.05, 3.63) is 46.1 Å². The smallest absolute Gasteiger partial charge is 0.267 e. The lowest BCUT2D eigenvalue weighted by molar-refractivity contribution is 0.361. The highest BCUT2D eigenvalue weighted by molar-refractivity contribution is 5.10. The summed E-state index contributed by atoms with van der Waals surface area (Å²) in [6, 6.07) is 6.73. The molecule has 0 fully saturated rings. The predicted molar refractivity (Wildman–Crippen MR) is 79.5 cm³/mol. The van der Waals surface area contributed by atoms with Gasteiger partial charge in [0.25, 0.3) is 5.56 Å². The van der Waals surface area contributed by atoms with E-state index in [0.717, 1.165) is 5.76 Å². The van der Waals surface area contributed by atoms with Gasteiger partial charge in [-0.1, -0.05) is 0 Å². The fourth-order valence-electron chi connectivity index (χ4n) is 1.75. The van der Waals surface area contributed by atoms with Gasteiger partial charge in [-0.3, -0.25) is 4.79 Å². The highest BCUT2D eigenvalue weighted by Crippen LogP contribution is 2.11. The molecule has 114 valence electrons. The van der Waals surface area contributed by atoms with Crippen LogP contribution in [-0.2, 0) is 13.1 Å². The molecular formula is C15H21N3O3. The van der Waals surface area contributed by atoms with E-state index >= 15 is 0 Å². The lowest BCUT2D eigenvalue weighted by Gasteiger charge is -2.19. The Morgan fingerprint density at radius 2 is 1.95 bits per heavy atom. The molecule has 0 radical (unpaired) electrons. The van der Waals surface area contributed by atoms with E-state index in [2.05, 4.69) is 31.2 Å². The first-order valence-electron chi connectivity index (χ1n) is 6.82. The maximum atomic E-state index is 11.7. The third-order valence-corrected chi connectivity index (χ3v) is 2.87. The van der Waals surface area contributed by atoms with Gasteiger partial charge in [0.15, 0.2) is 0 Å². The van der Waals surface area contributed by atoms with Crippen molar-refractivity contribution in [2.75, 3.05) is 7.11 Å². The molecule has 2 aromatic heterocycles. The van der Waals surface area contributed by atoms with Crippen LogP contribution in [0.2, 0.25) is 0 Å². The molecule has 6 heteroatoms. The number of nitrogens with zero attached hydrogens (tertiary/aromatic N) is 2. The van der Waals surface area contributed by atoms with Gasteiger partial charge < -0.3 is 14.5 Å². The molecule has 1 N–H and O–H groups in total.